The fourth-order valence-corrected chi connectivity index (χ4v) is 2.02. The zero-order valence-electron chi connectivity index (χ0n) is 8.85. The van der Waals surface area contributed by atoms with E-state index in [0.717, 1.165) is 3.57 Å². The quantitative estimate of drug-likeness (QED) is 0.652. The number of amides is 1. The summed E-state index contributed by atoms with van der Waals surface area (Å²) in [5.74, 6) is 0.0290. The first-order valence-corrected chi connectivity index (χ1v) is 6.09. The lowest BCUT2D eigenvalue weighted by Crippen LogP contribution is -2.12. The monoisotopic (exact) mass is 339 g/mol. The summed E-state index contributed by atoms with van der Waals surface area (Å²) in [6.07, 6.45) is 0. The largest absolute Gasteiger partial charge is 0.508 e. The van der Waals surface area contributed by atoms with Gasteiger partial charge in [0.25, 0.3) is 5.91 Å². The Labute approximate surface area is 113 Å². The topological polar surface area (TPSA) is 49.3 Å². The van der Waals surface area contributed by atoms with E-state index in [2.05, 4.69) is 27.9 Å². The van der Waals surface area contributed by atoms with Crippen molar-refractivity contribution in [2.24, 2.45) is 0 Å². The number of rotatable bonds is 2. The molecule has 0 spiro atoms. The second-order valence-corrected chi connectivity index (χ2v) is 4.65. The van der Waals surface area contributed by atoms with E-state index in [4.69, 9.17) is 0 Å². The molecule has 1 amide bonds. The Hall–Kier alpha value is -1.56. The van der Waals surface area contributed by atoms with Crippen LogP contribution in [-0.2, 0) is 0 Å². The van der Waals surface area contributed by atoms with Crippen LogP contribution in [0.1, 0.15) is 10.4 Å². The zero-order chi connectivity index (χ0) is 12.3. The van der Waals surface area contributed by atoms with Gasteiger partial charge >= 0.3 is 0 Å². The van der Waals surface area contributed by atoms with Gasteiger partial charge in [0, 0.05) is 9.13 Å². The Bertz CT molecular complexity index is 540. The molecule has 4 heteroatoms. The van der Waals surface area contributed by atoms with Gasteiger partial charge in [0.2, 0.25) is 0 Å². The van der Waals surface area contributed by atoms with Gasteiger partial charge in [0.05, 0.1) is 5.69 Å². The maximum atomic E-state index is 11.9. The molecule has 0 aliphatic carbocycles. The molecule has 0 saturated carbocycles. The van der Waals surface area contributed by atoms with E-state index in [1.54, 1.807) is 30.3 Å². The average Bonchev–Trinajstić information content (AvgIpc) is 2.34. The highest BCUT2D eigenvalue weighted by molar-refractivity contribution is 14.1. The number of carbonyl (C=O) groups excluding carboxylic acids is 1. The summed E-state index contributed by atoms with van der Waals surface area (Å²) in [6, 6.07) is 13.8. The Morgan fingerprint density at radius 1 is 1.12 bits per heavy atom. The average molecular weight is 339 g/mol. The fourth-order valence-electron chi connectivity index (χ4n) is 1.39. The normalized spacial score (nSPS) is 9.94. The van der Waals surface area contributed by atoms with Crippen LogP contribution in [0.4, 0.5) is 5.69 Å². The molecule has 2 aromatic carbocycles. The summed E-state index contributed by atoms with van der Waals surface area (Å²) >= 11 is 2.06. The van der Waals surface area contributed by atoms with Gasteiger partial charge in [-0.3, -0.25) is 4.79 Å². The van der Waals surface area contributed by atoms with Crippen molar-refractivity contribution in [1.82, 2.24) is 0 Å². The van der Waals surface area contributed by atoms with Crippen LogP contribution >= 0.6 is 22.6 Å². The lowest BCUT2D eigenvalue weighted by Gasteiger charge is -2.07. The number of halogens is 1. The van der Waals surface area contributed by atoms with E-state index >= 15 is 0 Å². The predicted octanol–water partition coefficient (Wildman–Crippen LogP) is 3.25. The van der Waals surface area contributed by atoms with Crippen molar-refractivity contribution in [3.8, 4) is 5.75 Å². The van der Waals surface area contributed by atoms with Crippen LogP contribution in [0, 0.1) is 3.57 Å². The third-order valence-corrected chi connectivity index (χ3v) is 3.13. The van der Waals surface area contributed by atoms with E-state index in [-0.39, 0.29) is 11.7 Å². The molecule has 3 nitrogen and oxygen atoms in total. The first-order valence-electron chi connectivity index (χ1n) is 5.02. The molecule has 0 saturated heterocycles. The third kappa shape index (κ3) is 2.97. The van der Waals surface area contributed by atoms with Crippen molar-refractivity contribution < 1.29 is 9.90 Å². The summed E-state index contributed by atoms with van der Waals surface area (Å²) in [5.41, 5.74) is 1.30. The van der Waals surface area contributed by atoms with Crippen LogP contribution in [0.25, 0.3) is 0 Å². The molecule has 2 aromatic rings. The number of nitrogens with one attached hydrogen (secondary N) is 1. The molecular weight excluding hydrogens is 329 g/mol. The van der Waals surface area contributed by atoms with Gasteiger partial charge in [-0.25, -0.2) is 0 Å². The molecule has 0 fully saturated rings. The highest BCUT2D eigenvalue weighted by atomic mass is 127. The SMILES string of the molecule is O=C(Nc1ccc(O)cc1I)c1ccccc1. The molecule has 0 unspecified atom stereocenters. The summed E-state index contributed by atoms with van der Waals surface area (Å²) in [6.45, 7) is 0. The second-order valence-electron chi connectivity index (χ2n) is 3.48. The van der Waals surface area contributed by atoms with Crippen molar-refractivity contribution in [2.45, 2.75) is 0 Å². The molecule has 0 aliphatic heterocycles. The molecule has 0 aliphatic rings. The molecule has 2 rings (SSSR count). The number of phenols is 1. The minimum Gasteiger partial charge on any atom is -0.508 e. The zero-order valence-corrected chi connectivity index (χ0v) is 11.0. The number of anilines is 1. The van der Waals surface area contributed by atoms with Crippen LogP contribution in [0.3, 0.4) is 0 Å². The minimum absolute atomic E-state index is 0.158. The number of hydrogen-bond acceptors (Lipinski definition) is 2. The second kappa shape index (κ2) is 5.18. The van der Waals surface area contributed by atoms with E-state index in [1.165, 1.54) is 0 Å². The van der Waals surface area contributed by atoms with Crippen molar-refractivity contribution >= 4 is 34.2 Å². The lowest BCUT2D eigenvalue weighted by atomic mass is 10.2. The maximum Gasteiger partial charge on any atom is 0.255 e. The van der Waals surface area contributed by atoms with E-state index in [9.17, 15) is 9.90 Å². The Morgan fingerprint density at radius 3 is 2.47 bits per heavy atom. The number of aromatic hydroxyl groups is 1. The predicted molar refractivity (Wildman–Crippen MR) is 75.2 cm³/mol. The van der Waals surface area contributed by atoms with Gasteiger partial charge in [-0.05, 0) is 52.9 Å². The van der Waals surface area contributed by atoms with Crippen LogP contribution in [0.15, 0.2) is 48.5 Å². The molecule has 17 heavy (non-hydrogen) atoms. The summed E-state index contributed by atoms with van der Waals surface area (Å²) < 4.78 is 0.798. The molecule has 86 valence electrons. The Morgan fingerprint density at radius 2 is 1.82 bits per heavy atom. The summed E-state index contributed by atoms with van der Waals surface area (Å²) in [4.78, 5) is 11.9. The van der Waals surface area contributed by atoms with Crippen LogP contribution in [0.5, 0.6) is 5.75 Å². The van der Waals surface area contributed by atoms with Crippen molar-refractivity contribution in [3.63, 3.8) is 0 Å². The van der Waals surface area contributed by atoms with Gasteiger partial charge in [-0.1, -0.05) is 18.2 Å². The van der Waals surface area contributed by atoms with Crippen molar-refractivity contribution in [3.05, 3.63) is 57.7 Å². The Balaban J connectivity index is 2.19. The van der Waals surface area contributed by atoms with Crippen LogP contribution in [-0.4, -0.2) is 11.0 Å². The standard InChI is InChI=1S/C13H10INO2/c14-11-8-10(16)6-7-12(11)15-13(17)9-4-2-1-3-5-9/h1-8,16H,(H,15,17). The van der Waals surface area contributed by atoms with Gasteiger partial charge in [0.15, 0.2) is 0 Å². The molecule has 0 bridgehead atoms. The van der Waals surface area contributed by atoms with E-state index in [0.29, 0.717) is 11.3 Å². The third-order valence-electron chi connectivity index (χ3n) is 2.24. The van der Waals surface area contributed by atoms with Gasteiger partial charge < -0.3 is 10.4 Å². The highest BCUT2D eigenvalue weighted by Gasteiger charge is 2.07. The smallest absolute Gasteiger partial charge is 0.255 e. The number of benzene rings is 2. The van der Waals surface area contributed by atoms with Gasteiger partial charge in [0.1, 0.15) is 5.75 Å². The van der Waals surface area contributed by atoms with Crippen molar-refractivity contribution in [1.29, 1.82) is 0 Å². The summed E-state index contributed by atoms with van der Waals surface area (Å²) in [5, 5.41) is 12.1. The number of phenolic OH excluding ortho intramolecular Hbond substituents is 1. The molecule has 0 radical (unpaired) electrons. The molecule has 2 N–H and O–H groups in total. The first-order chi connectivity index (χ1) is 8.16. The minimum atomic E-state index is -0.158. The first kappa shape index (κ1) is 11.9. The maximum absolute atomic E-state index is 11.9. The molecule has 0 aromatic heterocycles. The molecule has 0 heterocycles. The van der Waals surface area contributed by atoms with Crippen LogP contribution < -0.4 is 5.32 Å². The van der Waals surface area contributed by atoms with E-state index < -0.39 is 0 Å². The summed E-state index contributed by atoms with van der Waals surface area (Å²) in [7, 11) is 0. The van der Waals surface area contributed by atoms with Gasteiger partial charge in [-0.2, -0.15) is 0 Å². The number of carbonyl (C=O) groups is 1. The molecular formula is C13H10INO2. The van der Waals surface area contributed by atoms with Gasteiger partial charge in [-0.15, -0.1) is 0 Å². The highest BCUT2D eigenvalue weighted by Crippen LogP contribution is 2.23. The number of hydrogen-bond donors (Lipinski definition) is 2. The molecule has 0 atom stereocenters. The Kier molecular flexibility index (Phi) is 3.63. The van der Waals surface area contributed by atoms with E-state index in [1.807, 2.05) is 18.2 Å². The van der Waals surface area contributed by atoms with Crippen molar-refractivity contribution in [2.75, 3.05) is 5.32 Å². The fraction of sp³-hybridized carbons (Fsp3) is 0. The lowest BCUT2D eigenvalue weighted by molar-refractivity contribution is 0.102. The van der Waals surface area contributed by atoms with Crippen LogP contribution in [0.2, 0.25) is 0 Å².